The van der Waals surface area contributed by atoms with Gasteiger partial charge >= 0.3 is 5.97 Å². The van der Waals surface area contributed by atoms with Crippen molar-refractivity contribution in [3.63, 3.8) is 0 Å². The Morgan fingerprint density at radius 1 is 0.880 bits per heavy atom. The van der Waals surface area contributed by atoms with Crippen LogP contribution in [0.4, 0.5) is 0 Å². The van der Waals surface area contributed by atoms with E-state index in [1.807, 2.05) is 0 Å². The zero-order valence-electron chi connectivity index (χ0n) is 16.2. The van der Waals surface area contributed by atoms with Crippen molar-refractivity contribution in [3.05, 3.63) is 0 Å². The van der Waals surface area contributed by atoms with Gasteiger partial charge in [-0.3, -0.25) is 14.4 Å². The summed E-state index contributed by atoms with van der Waals surface area (Å²) in [5.41, 5.74) is -1.20. The number of carboxylic acids is 1. The Balaban J connectivity index is 4.97. The highest BCUT2D eigenvalue weighted by Crippen LogP contribution is 2.33. The van der Waals surface area contributed by atoms with Crippen molar-refractivity contribution in [2.24, 2.45) is 10.8 Å². The summed E-state index contributed by atoms with van der Waals surface area (Å²) >= 11 is 1.76. The number of carboxylic acid groups (broad SMARTS) is 1. The molecule has 6 nitrogen and oxygen atoms in total. The fourth-order valence-corrected chi connectivity index (χ4v) is 3.21. The lowest BCUT2D eigenvalue weighted by molar-refractivity contribution is -0.141. The molecule has 25 heavy (non-hydrogen) atoms. The zero-order valence-corrected chi connectivity index (χ0v) is 17.8. The van der Waals surface area contributed by atoms with E-state index in [0.717, 1.165) is 23.5 Å². The van der Waals surface area contributed by atoms with Gasteiger partial charge in [-0.1, -0.05) is 65.1 Å². The third-order valence-corrected chi connectivity index (χ3v) is 5.97. The maximum atomic E-state index is 12.4. The van der Waals surface area contributed by atoms with Crippen LogP contribution in [-0.4, -0.2) is 43.8 Å². The molecular weight excluding hydrogens is 362 g/mol. The number of rotatable bonds is 6. The molecule has 0 aromatic carbocycles. The quantitative estimate of drug-likeness (QED) is 0.718. The van der Waals surface area contributed by atoms with Gasteiger partial charge < -0.3 is 10.4 Å². The van der Waals surface area contributed by atoms with Crippen LogP contribution in [0.5, 0.6) is 0 Å². The molecule has 0 unspecified atom stereocenters. The summed E-state index contributed by atoms with van der Waals surface area (Å²) in [5, 5.41) is 11.4. The Labute approximate surface area is 158 Å². The molecule has 8 heteroatoms. The maximum absolute atomic E-state index is 12.4. The summed E-state index contributed by atoms with van der Waals surface area (Å²) in [7, 11) is 0. The van der Waals surface area contributed by atoms with Gasteiger partial charge in [0.05, 0.1) is 4.75 Å². The fourth-order valence-electron chi connectivity index (χ4n) is 1.31. The van der Waals surface area contributed by atoms with Gasteiger partial charge in [0, 0.05) is 16.6 Å². The van der Waals surface area contributed by atoms with Gasteiger partial charge in [0.25, 0.3) is 0 Å². The number of amides is 1. The van der Waals surface area contributed by atoms with E-state index in [1.165, 1.54) is 0 Å². The Bertz CT molecular complexity index is 544. The minimum absolute atomic E-state index is 0.0643. The predicted octanol–water partition coefficient (Wildman–Crippen LogP) is 2.95. The minimum atomic E-state index is -1.22. The van der Waals surface area contributed by atoms with Crippen LogP contribution in [0.15, 0.2) is 0 Å². The van der Waals surface area contributed by atoms with Crippen molar-refractivity contribution >= 4 is 45.6 Å². The van der Waals surface area contributed by atoms with Crippen LogP contribution in [-0.2, 0) is 19.2 Å². The van der Waals surface area contributed by atoms with Crippen molar-refractivity contribution in [1.82, 2.24) is 5.32 Å². The minimum Gasteiger partial charge on any atom is -0.480 e. The average Bonchev–Trinajstić information content (AvgIpc) is 2.39. The lowest BCUT2D eigenvalue weighted by atomic mass is 9.99. The van der Waals surface area contributed by atoms with Crippen LogP contribution in [0.3, 0.4) is 0 Å². The molecule has 144 valence electrons. The smallest absolute Gasteiger partial charge is 0.327 e. The van der Waals surface area contributed by atoms with Crippen molar-refractivity contribution in [2.45, 2.75) is 66.2 Å². The Morgan fingerprint density at radius 3 is 1.68 bits per heavy atom. The van der Waals surface area contributed by atoms with E-state index in [9.17, 15) is 24.3 Å². The van der Waals surface area contributed by atoms with E-state index in [-0.39, 0.29) is 16.0 Å². The second-order valence-corrected chi connectivity index (χ2v) is 11.0. The lowest BCUT2D eigenvalue weighted by Crippen LogP contribution is -2.50. The normalized spacial score (nSPS) is 13.9. The molecule has 0 fully saturated rings. The molecule has 0 aromatic rings. The Morgan fingerprint density at radius 2 is 1.32 bits per heavy atom. The first-order chi connectivity index (χ1) is 11.0. The highest BCUT2D eigenvalue weighted by atomic mass is 32.2. The van der Waals surface area contributed by atoms with Gasteiger partial charge in [0.2, 0.25) is 5.91 Å². The number of thioether (sulfide) groups is 2. The largest absolute Gasteiger partial charge is 0.480 e. The number of carbonyl (C=O) groups excluding carboxylic acids is 3. The molecule has 0 aliphatic heterocycles. The molecule has 0 saturated heterocycles. The molecule has 0 bridgehead atoms. The fraction of sp³-hybridized carbons (Fsp3) is 0.765. The molecule has 0 radical (unpaired) electrons. The first-order valence-electron chi connectivity index (χ1n) is 7.93. The standard InChI is InChI=1S/C17H29NO5S2/c1-15(2,3)13(22)24-9-10(11(19)20)18-12(21)17(7,8)25-14(23)16(4,5)6/h10H,9H2,1-8H3,(H,18,21)(H,19,20)/t10-/m0/s1. The van der Waals surface area contributed by atoms with Crippen molar-refractivity contribution in [3.8, 4) is 0 Å². The van der Waals surface area contributed by atoms with E-state index in [0.29, 0.717) is 0 Å². The second kappa shape index (κ2) is 8.58. The molecular formula is C17H29NO5S2. The molecule has 0 heterocycles. The van der Waals surface area contributed by atoms with Crippen molar-refractivity contribution < 1.29 is 24.3 Å². The van der Waals surface area contributed by atoms with Crippen LogP contribution >= 0.6 is 23.5 Å². The van der Waals surface area contributed by atoms with Gasteiger partial charge in [0.15, 0.2) is 10.2 Å². The second-order valence-electron chi connectivity index (χ2n) is 8.36. The molecule has 0 saturated carbocycles. The molecule has 0 aliphatic carbocycles. The van der Waals surface area contributed by atoms with Crippen LogP contribution in [0.2, 0.25) is 0 Å². The van der Waals surface area contributed by atoms with Crippen LogP contribution < -0.4 is 5.32 Å². The summed E-state index contributed by atoms with van der Waals surface area (Å²) in [5.74, 6) is -1.83. The molecule has 2 N–H and O–H groups in total. The van der Waals surface area contributed by atoms with Crippen LogP contribution in [0.25, 0.3) is 0 Å². The van der Waals surface area contributed by atoms with E-state index < -0.39 is 33.5 Å². The number of nitrogens with one attached hydrogen (secondary N) is 1. The van der Waals surface area contributed by atoms with Gasteiger partial charge in [-0.05, 0) is 13.8 Å². The first kappa shape index (κ1) is 24.0. The van der Waals surface area contributed by atoms with E-state index in [2.05, 4.69) is 5.32 Å². The summed E-state index contributed by atoms with van der Waals surface area (Å²) in [6, 6.07) is -1.20. The Kier molecular flexibility index (Phi) is 8.23. The monoisotopic (exact) mass is 391 g/mol. The summed E-state index contributed by atoms with van der Waals surface area (Å²) < 4.78 is -1.11. The average molecular weight is 392 g/mol. The van der Waals surface area contributed by atoms with Gasteiger partial charge in [-0.2, -0.15) is 0 Å². The number of aliphatic carboxylic acids is 1. The number of hydrogen-bond donors (Lipinski definition) is 2. The summed E-state index contributed by atoms with van der Waals surface area (Å²) in [6.07, 6.45) is 0. The third kappa shape index (κ3) is 8.27. The molecule has 0 spiro atoms. The predicted molar refractivity (Wildman–Crippen MR) is 103 cm³/mol. The highest BCUT2D eigenvalue weighted by molar-refractivity contribution is 8.15. The van der Waals surface area contributed by atoms with Crippen molar-refractivity contribution in [2.75, 3.05) is 5.75 Å². The third-order valence-electron chi connectivity index (χ3n) is 3.10. The van der Waals surface area contributed by atoms with Crippen LogP contribution in [0.1, 0.15) is 55.4 Å². The highest BCUT2D eigenvalue weighted by Gasteiger charge is 2.37. The molecule has 1 atom stereocenters. The SMILES string of the molecule is CC(C)(C)C(=O)SC[C@H](NC(=O)C(C)(C)SC(=O)C(C)(C)C)C(=O)O. The van der Waals surface area contributed by atoms with E-state index in [4.69, 9.17) is 0 Å². The lowest BCUT2D eigenvalue weighted by Gasteiger charge is -2.27. The van der Waals surface area contributed by atoms with Gasteiger partial charge in [-0.25, -0.2) is 4.79 Å². The summed E-state index contributed by atoms with van der Waals surface area (Å²) in [4.78, 5) is 47.9. The summed E-state index contributed by atoms with van der Waals surface area (Å²) in [6.45, 7) is 13.6. The van der Waals surface area contributed by atoms with Crippen LogP contribution in [0, 0.1) is 10.8 Å². The van der Waals surface area contributed by atoms with E-state index in [1.54, 1.807) is 55.4 Å². The molecule has 0 aromatic heterocycles. The maximum Gasteiger partial charge on any atom is 0.327 e. The van der Waals surface area contributed by atoms with Gasteiger partial charge in [0.1, 0.15) is 6.04 Å². The number of carbonyl (C=O) groups is 4. The molecule has 0 rings (SSSR count). The molecule has 1 amide bonds. The number of hydrogen-bond acceptors (Lipinski definition) is 6. The topological polar surface area (TPSA) is 101 Å². The van der Waals surface area contributed by atoms with Gasteiger partial charge in [-0.15, -0.1) is 0 Å². The Hall–Kier alpha value is -1.02. The first-order valence-corrected chi connectivity index (χ1v) is 9.73. The van der Waals surface area contributed by atoms with Crippen molar-refractivity contribution in [1.29, 1.82) is 0 Å². The van der Waals surface area contributed by atoms with E-state index >= 15 is 0 Å². The zero-order chi connectivity index (χ0) is 20.2. The molecule has 0 aliphatic rings.